The lowest BCUT2D eigenvalue weighted by molar-refractivity contribution is -0.146. The molecule has 12 heavy (non-hydrogen) atoms. The molecular formula is C6H4Cl2O4. The van der Waals surface area contributed by atoms with Gasteiger partial charge in [0.2, 0.25) is 5.06 Å². The third kappa shape index (κ3) is 1.89. The normalized spacial score (nSPS) is 28.2. The molecule has 0 amide bonds. The Bertz CT molecular complexity index is 273. The van der Waals surface area contributed by atoms with Crippen LogP contribution < -0.4 is 0 Å². The topological polar surface area (TPSA) is 63.6 Å². The van der Waals surface area contributed by atoms with Gasteiger partial charge in [-0.25, -0.2) is 4.79 Å². The predicted octanol–water partition coefficient (Wildman–Crippen LogP) is 1.08. The number of hydrogen-bond donors (Lipinski definition) is 1. The first kappa shape index (κ1) is 9.35. The Morgan fingerprint density at radius 1 is 1.75 bits per heavy atom. The number of carboxylic acids is 1. The van der Waals surface area contributed by atoms with E-state index in [4.69, 9.17) is 28.3 Å². The molecule has 0 saturated heterocycles. The molecule has 0 aromatic heterocycles. The molecule has 1 heterocycles. The fourth-order valence-electron chi connectivity index (χ4n) is 0.774. The van der Waals surface area contributed by atoms with E-state index in [0.717, 1.165) is 6.08 Å². The fraction of sp³-hybridized carbons (Fsp3) is 0.333. The van der Waals surface area contributed by atoms with Gasteiger partial charge in [-0.1, -0.05) is 23.2 Å². The molecule has 1 rings (SSSR count). The van der Waals surface area contributed by atoms with Gasteiger partial charge >= 0.3 is 11.9 Å². The number of ether oxygens (including phenoxy) is 1. The summed E-state index contributed by atoms with van der Waals surface area (Å²) < 4.78 is 4.49. The number of carboxylic acid groups (broad SMARTS) is 1. The number of carbonyl (C=O) groups is 2. The average molecular weight is 211 g/mol. The summed E-state index contributed by atoms with van der Waals surface area (Å²) in [7, 11) is 0. The van der Waals surface area contributed by atoms with Crippen LogP contribution in [0.4, 0.5) is 0 Å². The van der Waals surface area contributed by atoms with E-state index >= 15 is 0 Å². The summed E-state index contributed by atoms with van der Waals surface area (Å²) in [4.78, 5) is 20.9. The molecule has 0 saturated carbocycles. The van der Waals surface area contributed by atoms with Crippen molar-refractivity contribution in [3.8, 4) is 0 Å². The largest absolute Gasteiger partial charge is 0.481 e. The maximum Gasteiger partial charge on any atom is 0.351 e. The van der Waals surface area contributed by atoms with Crippen LogP contribution in [0.25, 0.3) is 0 Å². The molecule has 1 unspecified atom stereocenters. The van der Waals surface area contributed by atoms with E-state index in [9.17, 15) is 9.59 Å². The molecule has 1 atom stereocenters. The SMILES string of the molecule is O=C(O)CC1(Cl)C=C(Cl)C(=O)O1. The maximum absolute atomic E-state index is 10.7. The van der Waals surface area contributed by atoms with Gasteiger partial charge in [0.15, 0.2) is 0 Å². The highest BCUT2D eigenvalue weighted by molar-refractivity contribution is 6.43. The van der Waals surface area contributed by atoms with Crippen LogP contribution in [0.15, 0.2) is 11.1 Å². The van der Waals surface area contributed by atoms with E-state index in [-0.39, 0.29) is 5.03 Å². The highest BCUT2D eigenvalue weighted by Crippen LogP contribution is 2.33. The molecule has 0 spiro atoms. The number of rotatable bonds is 2. The number of esters is 1. The van der Waals surface area contributed by atoms with Gasteiger partial charge in [0.1, 0.15) is 11.5 Å². The average Bonchev–Trinajstić information content (AvgIpc) is 2.04. The predicted molar refractivity (Wildman–Crippen MR) is 40.9 cm³/mol. The van der Waals surface area contributed by atoms with Gasteiger partial charge in [-0.15, -0.1) is 0 Å². The van der Waals surface area contributed by atoms with Crippen molar-refractivity contribution >= 4 is 35.1 Å². The van der Waals surface area contributed by atoms with Crippen LogP contribution in [0, 0.1) is 0 Å². The van der Waals surface area contributed by atoms with Gasteiger partial charge in [0.05, 0.1) is 0 Å². The Hall–Kier alpha value is -0.740. The number of alkyl halides is 1. The summed E-state index contributed by atoms with van der Waals surface area (Å²) >= 11 is 10.9. The lowest BCUT2D eigenvalue weighted by atomic mass is 10.2. The van der Waals surface area contributed by atoms with Crippen LogP contribution in [-0.2, 0) is 14.3 Å². The molecule has 4 nitrogen and oxygen atoms in total. The van der Waals surface area contributed by atoms with Gasteiger partial charge in [0, 0.05) is 6.08 Å². The quantitative estimate of drug-likeness (QED) is 0.548. The number of hydrogen-bond acceptors (Lipinski definition) is 3. The minimum atomic E-state index is -1.61. The van der Waals surface area contributed by atoms with Crippen molar-refractivity contribution < 1.29 is 19.4 Å². The molecular weight excluding hydrogens is 207 g/mol. The lowest BCUT2D eigenvalue weighted by Crippen LogP contribution is -2.24. The Labute approximate surface area is 77.7 Å². The van der Waals surface area contributed by atoms with E-state index < -0.39 is 23.4 Å². The van der Waals surface area contributed by atoms with Crippen LogP contribution in [0.2, 0.25) is 0 Å². The monoisotopic (exact) mass is 210 g/mol. The van der Waals surface area contributed by atoms with Crippen LogP contribution in [0.5, 0.6) is 0 Å². The summed E-state index contributed by atoms with van der Waals surface area (Å²) in [5, 5.41) is 6.56. The molecule has 1 aliphatic heterocycles. The second-order valence-corrected chi connectivity index (χ2v) is 3.29. The van der Waals surface area contributed by atoms with Crippen LogP contribution >= 0.6 is 23.2 Å². The molecule has 1 N–H and O–H groups in total. The Morgan fingerprint density at radius 3 is 2.67 bits per heavy atom. The van der Waals surface area contributed by atoms with E-state index in [1.165, 1.54) is 0 Å². The van der Waals surface area contributed by atoms with Crippen molar-refractivity contribution in [1.29, 1.82) is 0 Å². The summed E-state index contributed by atoms with van der Waals surface area (Å²) in [5.74, 6) is -1.96. The summed E-state index contributed by atoms with van der Waals surface area (Å²) in [6, 6.07) is 0. The summed E-state index contributed by atoms with van der Waals surface area (Å²) in [6.07, 6.45) is 0.573. The molecule has 66 valence electrons. The fourth-order valence-corrected chi connectivity index (χ4v) is 1.34. The van der Waals surface area contributed by atoms with Crippen molar-refractivity contribution in [1.82, 2.24) is 0 Å². The summed E-state index contributed by atoms with van der Waals surface area (Å²) in [6.45, 7) is 0. The molecule has 0 aromatic rings. The van der Waals surface area contributed by atoms with Crippen molar-refractivity contribution in [3.05, 3.63) is 11.1 Å². The number of halogens is 2. The van der Waals surface area contributed by atoms with Crippen molar-refractivity contribution in [2.75, 3.05) is 0 Å². The Morgan fingerprint density at radius 2 is 2.33 bits per heavy atom. The third-order valence-corrected chi connectivity index (χ3v) is 1.78. The first-order chi connectivity index (χ1) is 5.43. The smallest absolute Gasteiger partial charge is 0.351 e. The van der Waals surface area contributed by atoms with Crippen LogP contribution in [-0.4, -0.2) is 22.1 Å². The summed E-state index contributed by atoms with van der Waals surface area (Å²) in [5.41, 5.74) is 0. The van der Waals surface area contributed by atoms with Gasteiger partial charge in [-0.2, -0.15) is 0 Å². The zero-order chi connectivity index (χ0) is 9.35. The highest BCUT2D eigenvalue weighted by Gasteiger charge is 2.39. The van der Waals surface area contributed by atoms with Crippen LogP contribution in [0.3, 0.4) is 0 Å². The standard InChI is InChI=1S/C6H4Cl2O4/c7-3-1-6(8,2-4(9)10)12-5(3)11/h1H,2H2,(H,9,10). The third-order valence-electron chi connectivity index (χ3n) is 1.19. The molecule has 0 aliphatic carbocycles. The minimum Gasteiger partial charge on any atom is -0.481 e. The zero-order valence-electron chi connectivity index (χ0n) is 5.71. The maximum atomic E-state index is 10.7. The first-order valence-corrected chi connectivity index (χ1v) is 3.71. The molecule has 0 aromatic carbocycles. The first-order valence-electron chi connectivity index (χ1n) is 2.95. The zero-order valence-corrected chi connectivity index (χ0v) is 7.22. The van der Waals surface area contributed by atoms with Gasteiger partial charge in [-0.3, -0.25) is 4.79 Å². The van der Waals surface area contributed by atoms with Crippen LogP contribution in [0.1, 0.15) is 6.42 Å². The Kier molecular flexibility index (Phi) is 2.30. The second kappa shape index (κ2) is 2.95. The molecule has 0 fully saturated rings. The molecule has 0 radical (unpaired) electrons. The van der Waals surface area contributed by atoms with Gasteiger partial charge in [0.25, 0.3) is 0 Å². The van der Waals surface area contributed by atoms with E-state index in [2.05, 4.69) is 4.74 Å². The number of aliphatic carboxylic acids is 1. The molecule has 0 bridgehead atoms. The molecule has 1 aliphatic rings. The van der Waals surface area contributed by atoms with E-state index in [1.54, 1.807) is 0 Å². The number of cyclic esters (lactones) is 1. The van der Waals surface area contributed by atoms with Gasteiger partial charge < -0.3 is 9.84 Å². The molecule has 6 heteroatoms. The highest BCUT2D eigenvalue weighted by atomic mass is 35.5. The lowest BCUT2D eigenvalue weighted by Gasteiger charge is -2.14. The van der Waals surface area contributed by atoms with Gasteiger partial charge in [-0.05, 0) is 0 Å². The number of carbonyl (C=O) groups excluding carboxylic acids is 1. The van der Waals surface area contributed by atoms with Crippen molar-refractivity contribution in [3.63, 3.8) is 0 Å². The van der Waals surface area contributed by atoms with Crippen molar-refractivity contribution in [2.45, 2.75) is 11.5 Å². The second-order valence-electron chi connectivity index (χ2n) is 2.24. The van der Waals surface area contributed by atoms with E-state index in [0.29, 0.717) is 0 Å². The van der Waals surface area contributed by atoms with E-state index in [1.807, 2.05) is 0 Å². The minimum absolute atomic E-state index is 0.189. The Balaban J connectivity index is 2.77. The van der Waals surface area contributed by atoms with Crippen molar-refractivity contribution in [2.24, 2.45) is 0 Å².